The number of alkyl halides is 6. The van der Waals surface area contributed by atoms with E-state index < -0.39 is 52.7 Å². The van der Waals surface area contributed by atoms with Gasteiger partial charge in [-0.1, -0.05) is 30.3 Å². The summed E-state index contributed by atoms with van der Waals surface area (Å²) in [6.45, 7) is 1.35. The van der Waals surface area contributed by atoms with Crippen LogP contribution in [-0.4, -0.2) is 24.1 Å². The summed E-state index contributed by atoms with van der Waals surface area (Å²) in [5, 5.41) is 6.22. The average Bonchev–Trinajstić information content (AvgIpc) is 3.12. The van der Waals surface area contributed by atoms with E-state index in [0.29, 0.717) is 12.1 Å². The van der Waals surface area contributed by atoms with Crippen LogP contribution in [0.25, 0.3) is 0 Å². The fourth-order valence-corrected chi connectivity index (χ4v) is 3.37. The Morgan fingerprint density at radius 2 is 1.56 bits per heavy atom. The van der Waals surface area contributed by atoms with Crippen LogP contribution in [0, 0.1) is 5.92 Å². The highest BCUT2D eigenvalue weighted by molar-refractivity contribution is 6.04. The predicted molar refractivity (Wildman–Crippen MR) is 102 cm³/mol. The van der Waals surface area contributed by atoms with Crippen molar-refractivity contribution in [2.45, 2.75) is 25.2 Å². The molecule has 0 aromatic heterocycles. The second kappa shape index (κ2) is 8.64. The summed E-state index contributed by atoms with van der Waals surface area (Å²) in [4.78, 5) is 24.7. The number of hydrogen-bond donors (Lipinski definition) is 2. The number of hydrazone groups is 1. The SMILES string of the molecule is C/C(=N/NC(=O)C1C(=O)NCC1c1ccccc1)c1cc(C(F)(F)F)cc(C(F)(F)F)c1. The Hall–Kier alpha value is -3.37. The molecule has 5 nitrogen and oxygen atoms in total. The molecule has 3 rings (SSSR count). The first-order valence-corrected chi connectivity index (χ1v) is 9.34. The number of benzene rings is 2. The molecule has 0 radical (unpaired) electrons. The summed E-state index contributed by atoms with van der Waals surface area (Å²) in [6.07, 6.45) is -10.0. The molecule has 2 amide bonds. The van der Waals surface area contributed by atoms with Crippen molar-refractivity contribution in [2.75, 3.05) is 6.54 Å². The average molecular weight is 457 g/mol. The van der Waals surface area contributed by atoms with Crippen molar-refractivity contribution in [3.05, 3.63) is 70.8 Å². The van der Waals surface area contributed by atoms with Gasteiger partial charge in [0.25, 0.3) is 5.91 Å². The lowest BCUT2D eigenvalue weighted by molar-refractivity contribution is -0.143. The smallest absolute Gasteiger partial charge is 0.355 e. The minimum absolute atomic E-state index is 0.00266. The van der Waals surface area contributed by atoms with Crippen molar-refractivity contribution in [3.8, 4) is 0 Å². The van der Waals surface area contributed by atoms with Crippen LogP contribution >= 0.6 is 0 Å². The first-order chi connectivity index (χ1) is 14.9. The van der Waals surface area contributed by atoms with E-state index in [4.69, 9.17) is 0 Å². The Morgan fingerprint density at radius 3 is 2.09 bits per heavy atom. The normalized spacial score (nSPS) is 19.6. The molecule has 2 unspecified atom stereocenters. The van der Waals surface area contributed by atoms with Gasteiger partial charge in [0, 0.05) is 12.5 Å². The van der Waals surface area contributed by atoms with Gasteiger partial charge < -0.3 is 5.32 Å². The van der Waals surface area contributed by atoms with Crippen molar-refractivity contribution in [2.24, 2.45) is 11.0 Å². The van der Waals surface area contributed by atoms with Gasteiger partial charge in [0.05, 0.1) is 16.8 Å². The zero-order chi connectivity index (χ0) is 23.7. The summed E-state index contributed by atoms with van der Waals surface area (Å²) < 4.78 is 78.3. The van der Waals surface area contributed by atoms with Gasteiger partial charge in [-0.05, 0) is 36.2 Å². The highest BCUT2D eigenvalue weighted by Crippen LogP contribution is 2.36. The maximum atomic E-state index is 13.0. The molecule has 1 aliphatic rings. The molecule has 170 valence electrons. The van der Waals surface area contributed by atoms with Crippen molar-refractivity contribution in [1.82, 2.24) is 10.7 Å². The molecule has 0 aliphatic carbocycles. The number of carbonyl (C=O) groups is 2. The number of amides is 2. The Labute approximate surface area is 178 Å². The molecule has 2 aromatic rings. The number of hydrogen-bond acceptors (Lipinski definition) is 3. The van der Waals surface area contributed by atoms with Crippen LogP contribution in [-0.2, 0) is 21.9 Å². The minimum Gasteiger partial charge on any atom is -0.355 e. The van der Waals surface area contributed by atoms with Gasteiger partial charge >= 0.3 is 12.4 Å². The molecule has 2 aromatic carbocycles. The number of halogens is 6. The maximum absolute atomic E-state index is 13.0. The predicted octanol–water partition coefficient (Wildman–Crippen LogP) is 4.09. The Balaban J connectivity index is 1.86. The summed E-state index contributed by atoms with van der Waals surface area (Å²) in [5.74, 6) is -3.02. The zero-order valence-corrected chi connectivity index (χ0v) is 16.5. The number of rotatable bonds is 4. The third kappa shape index (κ3) is 5.09. The van der Waals surface area contributed by atoms with Crippen LogP contribution in [0.15, 0.2) is 53.6 Å². The molecule has 32 heavy (non-hydrogen) atoms. The molecule has 1 aliphatic heterocycles. The minimum atomic E-state index is -5.01. The molecule has 0 spiro atoms. The van der Waals surface area contributed by atoms with Crippen LogP contribution in [0.5, 0.6) is 0 Å². The highest BCUT2D eigenvalue weighted by atomic mass is 19.4. The van der Waals surface area contributed by atoms with Gasteiger partial charge in [0.15, 0.2) is 0 Å². The van der Waals surface area contributed by atoms with Crippen molar-refractivity contribution < 1.29 is 35.9 Å². The van der Waals surface area contributed by atoms with E-state index in [1.165, 1.54) is 0 Å². The van der Waals surface area contributed by atoms with Gasteiger partial charge in [0.1, 0.15) is 5.92 Å². The fourth-order valence-electron chi connectivity index (χ4n) is 3.37. The van der Waals surface area contributed by atoms with E-state index >= 15 is 0 Å². The molecule has 2 N–H and O–H groups in total. The molecule has 2 atom stereocenters. The third-order valence-electron chi connectivity index (χ3n) is 5.03. The maximum Gasteiger partial charge on any atom is 0.416 e. The lowest BCUT2D eigenvalue weighted by Crippen LogP contribution is -2.35. The number of nitrogens with zero attached hydrogens (tertiary/aromatic N) is 1. The van der Waals surface area contributed by atoms with E-state index in [1.807, 2.05) is 0 Å². The molecule has 1 fully saturated rings. The van der Waals surface area contributed by atoms with Gasteiger partial charge in [-0.15, -0.1) is 0 Å². The Bertz CT molecular complexity index is 1020. The van der Waals surface area contributed by atoms with Crippen LogP contribution in [0.4, 0.5) is 26.3 Å². The lowest BCUT2D eigenvalue weighted by Gasteiger charge is -2.16. The highest BCUT2D eigenvalue weighted by Gasteiger charge is 2.41. The quantitative estimate of drug-likeness (QED) is 0.314. The molecular formula is C21H17F6N3O2. The first kappa shape index (κ1) is 23.3. The van der Waals surface area contributed by atoms with E-state index in [9.17, 15) is 35.9 Å². The van der Waals surface area contributed by atoms with Crippen LogP contribution < -0.4 is 10.7 Å². The van der Waals surface area contributed by atoms with E-state index in [2.05, 4.69) is 15.8 Å². The lowest BCUT2D eigenvalue weighted by atomic mass is 9.88. The standard InChI is InChI=1S/C21H17F6N3O2/c1-11(13-7-14(20(22,23)24)9-15(8-13)21(25,26)27)29-30-19(32)17-16(10-28-18(17)31)12-5-3-2-4-6-12/h2-9,16-17H,10H2,1H3,(H,28,31)(H,30,32)/b29-11-. The Morgan fingerprint density at radius 1 is 1.00 bits per heavy atom. The van der Waals surface area contributed by atoms with Gasteiger partial charge in [0.2, 0.25) is 5.91 Å². The molecule has 1 heterocycles. The van der Waals surface area contributed by atoms with E-state index in [-0.39, 0.29) is 18.3 Å². The monoisotopic (exact) mass is 457 g/mol. The van der Waals surface area contributed by atoms with Crippen molar-refractivity contribution in [1.29, 1.82) is 0 Å². The topological polar surface area (TPSA) is 70.6 Å². The molecule has 11 heteroatoms. The van der Waals surface area contributed by atoms with Crippen LogP contribution in [0.2, 0.25) is 0 Å². The van der Waals surface area contributed by atoms with Gasteiger partial charge in [-0.2, -0.15) is 31.4 Å². The second-order valence-corrected chi connectivity index (χ2v) is 7.21. The first-order valence-electron chi connectivity index (χ1n) is 9.34. The number of carbonyl (C=O) groups excluding carboxylic acids is 2. The summed E-state index contributed by atoms with van der Waals surface area (Å²) in [7, 11) is 0. The number of nitrogens with one attached hydrogen (secondary N) is 2. The van der Waals surface area contributed by atoms with E-state index in [0.717, 1.165) is 12.5 Å². The summed E-state index contributed by atoms with van der Waals surface area (Å²) in [6, 6.07) is 9.73. The second-order valence-electron chi connectivity index (χ2n) is 7.21. The van der Waals surface area contributed by atoms with Gasteiger partial charge in [-0.25, -0.2) is 5.43 Å². The summed E-state index contributed by atoms with van der Waals surface area (Å²) in [5.41, 5.74) is -0.935. The third-order valence-corrected chi connectivity index (χ3v) is 5.03. The molecular weight excluding hydrogens is 440 g/mol. The fraction of sp³-hybridized carbons (Fsp3) is 0.286. The van der Waals surface area contributed by atoms with Crippen LogP contribution in [0.1, 0.15) is 35.1 Å². The van der Waals surface area contributed by atoms with Gasteiger partial charge in [-0.3, -0.25) is 9.59 Å². The van der Waals surface area contributed by atoms with Crippen molar-refractivity contribution >= 4 is 17.5 Å². The summed E-state index contributed by atoms with van der Waals surface area (Å²) >= 11 is 0. The zero-order valence-electron chi connectivity index (χ0n) is 16.5. The molecule has 0 bridgehead atoms. The van der Waals surface area contributed by atoms with Crippen LogP contribution in [0.3, 0.4) is 0 Å². The van der Waals surface area contributed by atoms with E-state index in [1.54, 1.807) is 30.3 Å². The largest absolute Gasteiger partial charge is 0.416 e. The molecule has 1 saturated heterocycles. The Kier molecular flexibility index (Phi) is 6.29. The van der Waals surface area contributed by atoms with Crippen molar-refractivity contribution in [3.63, 3.8) is 0 Å². The molecule has 0 saturated carbocycles.